The Morgan fingerprint density at radius 1 is 1.21 bits per heavy atom. The van der Waals surface area contributed by atoms with Crippen LogP contribution in [0.25, 0.3) is 10.9 Å². The molecule has 2 heteroatoms. The molecule has 0 aliphatic rings. The van der Waals surface area contributed by atoms with Gasteiger partial charge in [-0.25, -0.2) is 0 Å². The van der Waals surface area contributed by atoms with Crippen molar-refractivity contribution in [1.29, 1.82) is 0 Å². The maximum absolute atomic E-state index is 4.75. The van der Waals surface area contributed by atoms with Crippen LogP contribution in [-0.2, 0) is 6.42 Å². The minimum atomic E-state index is 0.547. The van der Waals surface area contributed by atoms with E-state index in [0.29, 0.717) is 5.92 Å². The average Bonchev–Trinajstić information content (AvgIpc) is 2.38. The number of hydrogen-bond acceptors (Lipinski definition) is 2. The summed E-state index contributed by atoms with van der Waals surface area (Å²) in [6.45, 7) is 11.9. The molecule has 0 fully saturated rings. The summed E-state index contributed by atoms with van der Waals surface area (Å²) in [6, 6.07) is 6.64. The van der Waals surface area contributed by atoms with Gasteiger partial charge in [-0.3, -0.25) is 4.98 Å². The minimum absolute atomic E-state index is 0.547. The van der Waals surface area contributed by atoms with Crippen LogP contribution in [0, 0.1) is 6.92 Å². The van der Waals surface area contributed by atoms with Gasteiger partial charge in [0.25, 0.3) is 0 Å². The number of nitrogens with one attached hydrogen (secondary N) is 1. The SMILES string of the molecule is CCNc1c(CC)c(C)nc2ccc(C(C)C)cc12. The van der Waals surface area contributed by atoms with E-state index in [1.54, 1.807) is 0 Å². The summed E-state index contributed by atoms with van der Waals surface area (Å²) in [5, 5.41) is 4.80. The molecule has 1 N–H and O–H groups in total. The highest BCUT2D eigenvalue weighted by Gasteiger charge is 2.12. The van der Waals surface area contributed by atoms with Crippen LogP contribution in [0.1, 0.15) is 50.4 Å². The highest BCUT2D eigenvalue weighted by Crippen LogP contribution is 2.31. The molecule has 0 spiro atoms. The van der Waals surface area contributed by atoms with Crippen molar-refractivity contribution in [1.82, 2.24) is 4.98 Å². The number of benzene rings is 1. The van der Waals surface area contributed by atoms with Gasteiger partial charge in [0, 0.05) is 23.3 Å². The first-order valence-electron chi connectivity index (χ1n) is 7.25. The van der Waals surface area contributed by atoms with Crippen molar-refractivity contribution in [3.8, 4) is 0 Å². The minimum Gasteiger partial charge on any atom is -0.384 e. The summed E-state index contributed by atoms with van der Waals surface area (Å²) in [6.07, 6.45) is 1.02. The number of hydrogen-bond donors (Lipinski definition) is 1. The highest BCUT2D eigenvalue weighted by atomic mass is 14.9. The molecule has 1 heterocycles. The number of nitrogens with zero attached hydrogens (tertiary/aromatic N) is 1. The van der Waals surface area contributed by atoms with Crippen molar-refractivity contribution in [2.24, 2.45) is 0 Å². The molecular formula is C17H24N2. The highest BCUT2D eigenvalue weighted by molar-refractivity contribution is 5.94. The Morgan fingerprint density at radius 2 is 1.95 bits per heavy atom. The van der Waals surface area contributed by atoms with Crippen molar-refractivity contribution >= 4 is 16.6 Å². The second-order valence-electron chi connectivity index (χ2n) is 5.37. The van der Waals surface area contributed by atoms with Gasteiger partial charge in [-0.15, -0.1) is 0 Å². The van der Waals surface area contributed by atoms with E-state index in [4.69, 9.17) is 4.98 Å². The van der Waals surface area contributed by atoms with Crippen molar-refractivity contribution in [2.45, 2.75) is 47.0 Å². The normalized spacial score (nSPS) is 11.3. The molecule has 2 rings (SSSR count). The van der Waals surface area contributed by atoms with Crippen LogP contribution in [-0.4, -0.2) is 11.5 Å². The Balaban J connectivity index is 2.75. The number of aromatic nitrogens is 1. The fourth-order valence-electron chi connectivity index (χ4n) is 2.61. The molecule has 2 nitrogen and oxygen atoms in total. The Kier molecular flexibility index (Phi) is 4.08. The molecule has 0 radical (unpaired) electrons. The smallest absolute Gasteiger partial charge is 0.0726 e. The molecule has 0 saturated carbocycles. The summed E-state index contributed by atoms with van der Waals surface area (Å²) < 4.78 is 0. The third kappa shape index (κ3) is 2.58. The number of pyridine rings is 1. The lowest BCUT2D eigenvalue weighted by atomic mass is 9.98. The molecule has 0 aliphatic heterocycles. The van der Waals surface area contributed by atoms with Crippen molar-refractivity contribution in [3.05, 3.63) is 35.0 Å². The topological polar surface area (TPSA) is 24.9 Å². The first-order valence-corrected chi connectivity index (χ1v) is 7.25. The fraction of sp³-hybridized carbons (Fsp3) is 0.471. The van der Waals surface area contributed by atoms with E-state index in [2.05, 4.69) is 58.1 Å². The molecule has 0 unspecified atom stereocenters. The van der Waals surface area contributed by atoms with Crippen LogP contribution in [0.15, 0.2) is 18.2 Å². The van der Waals surface area contributed by atoms with Crippen LogP contribution in [0.4, 0.5) is 5.69 Å². The Bertz CT molecular complexity index is 585. The monoisotopic (exact) mass is 256 g/mol. The molecule has 2 aromatic rings. The summed E-state index contributed by atoms with van der Waals surface area (Å²) in [5.74, 6) is 0.547. The van der Waals surface area contributed by atoms with Crippen LogP contribution in [0.3, 0.4) is 0 Å². The zero-order valence-corrected chi connectivity index (χ0v) is 12.7. The predicted molar refractivity (Wildman–Crippen MR) is 84.1 cm³/mol. The van der Waals surface area contributed by atoms with Crippen LogP contribution in [0.5, 0.6) is 0 Å². The number of fused-ring (bicyclic) bond motifs is 1. The van der Waals surface area contributed by atoms with Gasteiger partial charge >= 0.3 is 0 Å². The van der Waals surface area contributed by atoms with E-state index < -0.39 is 0 Å². The number of rotatable bonds is 4. The summed E-state index contributed by atoms with van der Waals surface area (Å²) in [7, 11) is 0. The van der Waals surface area contributed by atoms with E-state index in [0.717, 1.165) is 24.2 Å². The van der Waals surface area contributed by atoms with Crippen molar-refractivity contribution in [2.75, 3.05) is 11.9 Å². The average molecular weight is 256 g/mol. The summed E-state index contributed by atoms with van der Waals surface area (Å²) in [5.41, 5.74) is 6.22. The lowest BCUT2D eigenvalue weighted by Crippen LogP contribution is -2.05. The van der Waals surface area contributed by atoms with Gasteiger partial charge in [-0.05, 0) is 49.4 Å². The zero-order valence-electron chi connectivity index (χ0n) is 12.7. The summed E-state index contributed by atoms with van der Waals surface area (Å²) in [4.78, 5) is 4.75. The molecule has 0 aliphatic carbocycles. The van der Waals surface area contributed by atoms with Crippen LogP contribution < -0.4 is 5.32 Å². The molecule has 1 aromatic carbocycles. The number of aryl methyl sites for hydroxylation is 1. The lowest BCUT2D eigenvalue weighted by molar-refractivity contribution is 0.868. The van der Waals surface area contributed by atoms with Gasteiger partial charge in [0.15, 0.2) is 0 Å². The largest absolute Gasteiger partial charge is 0.384 e. The van der Waals surface area contributed by atoms with E-state index in [1.165, 1.54) is 22.2 Å². The molecule has 0 atom stereocenters. The van der Waals surface area contributed by atoms with E-state index in [-0.39, 0.29) is 0 Å². The molecule has 1 aromatic heterocycles. The molecule has 19 heavy (non-hydrogen) atoms. The second-order valence-corrected chi connectivity index (χ2v) is 5.37. The van der Waals surface area contributed by atoms with Crippen molar-refractivity contribution in [3.63, 3.8) is 0 Å². The van der Waals surface area contributed by atoms with Crippen LogP contribution in [0.2, 0.25) is 0 Å². The molecular weight excluding hydrogens is 232 g/mol. The van der Waals surface area contributed by atoms with Gasteiger partial charge in [0.2, 0.25) is 0 Å². The van der Waals surface area contributed by atoms with Gasteiger partial charge in [-0.2, -0.15) is 0 Å². The molecule has 0 amide bonds. The first kappa shape index (κ1) is 13.9. The summed E-state index contributed by atoms with van der Waals surface area (Å²) >= 11 is 0. The van der Waals surface area contributed by atoms with E-state index >= 15 is 0 Å². The maximum Gasteiger partial charge on any atom is 0.0726 e. The Morgan fingerprint density at radius 3 is 2.53 bits per heavy atom. The van der Waals surface area contributed by atoms with Gasteiger partial charge in [-0.1, -0.05) is 26.8 Å². The zero-order chi connectivity index (χ0) is 14.0. The maximum atomic E-state index is 4.75. The van der Waals surface area contributed by atoms with Gasteiger partial charge in [0.1, 0.15) is 0 Å². The van der Waals surface area contributed by atoms with E-state index in [1.807, 2.05) is 0 Å². The van der Waals surface area contributed by atoms with Crippen molar-refractivity contribution < 1.29 is 0 Å². The number of anilines is 1. The molecule has 102 valence electrons. The second kappa shape index (κ2) is 5.60. The van der Waals surface area contributed by atoms with Gasteiger partial charge < -0.3 is 5.32 Å². The Labute approximate surface area is 116 Å². The first-order chi connectivity index (χ1) is 9.08. The molecule has 0 saturated heterocycles. The third-order valence-corrected chi connectivity index (χ3v) is 3.69. The quantitative estimate of drug-likeness (QED) is 0.860. The Hall–Kier alpha value is -1.57. The third-order valence-electron chi connectivity index (χ3n) is 3.69. The lowest BCUT2D eigenvalue weighted by Gasteiger charge is -2.16. The standard InChI is InChI=1S/C17H24N2/c1-6-14-12(5)19-16-9-8-13(11(3)4)10-15(16)17(14)18-7-2/h8-11H,6-7H2,1-5H3,(H,18,19). The molecule has 0 bridgehead atoms. The predicted octanol–water partition coefficient (Wildman–Crippen LogP) is 4.66. The van der Waals surface area contributed by atoms with Crippen LogP contribution >= 0.6 is 0 Å². The fourth-order valence-corrected chi connectivity index (χ4v) is 2.61. The van der Waals surface area contributed by atoms with E-state index in [9.17, 15) is 0 Å². The van der Waals surface area contributed by atoms with Gasteiger partial charge in [0.05, 0.1) is 5.52 Å².